The Balaban J connectivity index is 1.87. The Morgan fingerprint density at radius 3 is 2.72 bits per heavy atom. The Kier molecular flexibility index (Phi) is 4.37. The molecule has 3 atom stereocenters. The van der Waals surface area contributed by atoms with E-state index in [0.29, 0.717) is 11.3 Å². The summed E-state index contributed by atoms with van der Waals surface area (Å²) in [6.07, 6.45) is 1.85. The summed E-state index contributed by atoms with van der Waals surface area (Å²) < 4.78 is 5.86. The second-order valence-corrected chi connectivity index (χ2v) is 7.64. The number of amides is 2. The number of ether oxygens (including phenoxy) is 1. The maximum absolute atomic E-state index is 13.1. The zero-order valence-corrected chi connectivity index (χ0v) is 15.3. The maximum Gasteiger partial charge on any atom is 0.251 e. The molecule has 3 rings (SSSR count). The van der Waals surface area contributed by atoms with E-state index in [1.165, 1.54) is 0 Å². The van der Waals surface area contributed by atoms with Crippen molar-refractivity contribution in [3.63, 3.8) is 0 Å². The number of carbonyl (C=O) groups is 2. The molecule has 3 unspecified atom stereocenters. The zero-order valence-electron chi connectivity index (χ0n) is 15.3. The molecule has 136 valence electrons. The van der Waals surface area contributed by atoms with E-state index >= 15 is 0 Å². The van der Waals surface area contributed by atoms with Gasteiger partial charge in [-0.15, -0.1) is 0 Å². The van der Waals surface area contributed by atoms with Crippen molar-refractivity contribution < 1.29 is 14.3 Å². The fraction of sp³-hybridized carbons (Fsp3) is 0.579. The van der Waals surface area contributed by atoms with Crippen LogP contribution in [0, 0.1) is 18.3 Å². The van der Waals surface area contributed by atoms with Gasteiger partial charge < -0.3 is 21.1 Å². The molecule has 2 aliphatic rings. The van der Waals surface area contributed by atoms with E-state index in [1.54, 1.807) is 25.2 Å². The molecule has 6 heteroatoms. The zero-order chi connectivity index (χ0) is 18.4. The van der Waals surface area contributed by atoms with Crippen LogP contribution in [0.25, 0.3) is 0 Å². The van der Waals surface area contributed by atoms with Gasteiger partial charge in [0.15, 0.2) is 0 Å². The highest BCUT2D eigenvalue weighted by Crippen LogP contribution is 2.57. The summed E-state index contributed by atoms with van der Waals surface area (Å²) in [5, 5.41) is 5.57. The van der Waals surface area contributed by atoms with Gasteiger partial charge in [-0.05, 0) is 37.5 Å². The Morgan fingerprint density at radius 1 is 1.32 bits per heavy atom. The van der Waals surface area contributed by atoms with Crippen molar-refractivity contribution in [1.82, 2.24) is 5.32 Å². The van der Waals surface area contributed by atoms with Crippen LogP contribution in [0.2, 0.25) is 0 Å². The minimum atomic E-state index is -0.979. The number of benzene rings is 1. The number of nitrogens with two attached hydrogens (primary N) is 1. The van der Waals surface area contributed by atoms with Gasteiger partial charge >= 0.3 is 0 Å². The van der Waals surface area contributed by atoms with Gasteiger partial charge in [0.05, 0.1) is 6.10 Å². The van der Waals surface area contributed by atoms with Gasteiger partial charge in [0, 0.05) is 36.2 Å². The summed E-state index contributed by atoms with van der Waals surface area (Å²) in [4.78, 5) is 25.1. The van der Waals surface area contributed by atoms with Crippen LogP contribution in [-0.2, 0) is 9.53 Å². The third-order valence-electron chi connectivity index (χ3n) is 6.11. The third kappa shape index (κ3) is 2.47. The summed E-state index contributed by atoms with van der Waals surface area (Å²) in [6, 6.07) is 5.29. The second-order valence-electron chi connectivity index (χ2n) is 7.64. The van der Waals surface area contributed by atoms with Crippen molar-refractivity contribution in [2.75, 3.05) is 19.0 Å². The van der Waals surface area contributed by atoms with Crippen LogP contribution < -0.4 is 16.4 Å². The summed E-state index contributed by atoms with van der Waals surface area (Å²) in [5.74, 6) is -0.360. The normalized spacial score (nSPS) is 30.0. The minimum absolute atomic E-state index is 0.0234. The van der Waals surface area contributed by atoms with E-state index < -0.39 is 11.0 Å². The minimum Gasteiger partial charge on any atom is -0.377 e. The summed E-state index contributed by atoms with van der Waals surface area (Å²) >= 11 is 0. The lowest BCUT2D eigenvalue weighted by Gasteiger charge is -2.65. The Morgan fingerprint density at radius 2 is 2.04 bits per heavy atom. The second kappa shape index (κ2) is 6.11. The number of rotatable bonds is 3. The molecule has 1 aromatic carbocycles. The van der Waals surface area contributed by atoms with E-state index in [2.05, 4.69) is 10.6 Å². The van der Waals surface area contributed by atoms with Crippen LogP contribution in [-0.4, -0.2) is 37.1 Å². The fourth-order valence-corrected chi connectivity index (χ4v) is 4.41. The molecule has 0 bridgehead atoms. The smallest absolute Gasteiger partial charge is 0.251 e. The van der Waals surface area contributed by atoms with Gasteiger partial charge in [-0.1, -0.05) is 19.9 Å². The number of fused-ring (bicyclic) bond motifs is 1. The topological polar surface area (TPSA) is 93.5 Å². The van der Waals surface area contributed by atoms with Crippen LogP contribution in [0.3, 0.4) is 0 Å². The van der Waals surface area contributed by atoms with Crippen LogP contribution >= 0.6 is 0 Å². The molecule has 6 nitrogen and oxygen atoms in total. The largest absolute Gasteiger partial charge is 0.377 e. The van der Waals surface area contributed by atoms with Gasteiger partial charge in [0.1, 0.15) is 5.54 Å². The van der Waals surface area contributed by atoms with Crippen molar-refractivity contribution >= 4 is 17.5 Å². The van der Waals surface area contributed by atoms with Crippen LogP contribution in [0.5, 0.6) is 0 Å². The van der Waals surface area contributed by atoms with Crippen LogP contribution in [0.4, 0.5) is 5.69 Å². The van der Waals surface area contributed by atoms with Gasteiger partial charge in [0.25, 0.3) is 5.91 Å². The molecule has 0 spiro atoms. The van der Waals surface area contributed by atoms with Crippen LogP contribution in [0.15, 0.2) is 18.2 Å². The number of nitrogens with one attached hydrogen (secondary N) is 2. The SMILES string of the molecule is CNC(=O)c1cccc(NC(=O)C2(N)C3CCCOC3C2(C)C)c1C. The van der Waals surface area contributed by atoms with Gasteiger partial charge in [-0.3, -0.25) is 9.59 Å². The molecule has 1 aliphatic carbocycles. The van der Waals surface area contributed by atoms with E-state index in [0.717, 1.165) is 25.0 Å². The molecule has 0 aromatic heterocycles. The molecule has 1 aromatic rings. The maximum atomic E-state index is 13.1. The van der Waals surface area contributed by atoms with Crippen molar-refractivity contribution in [1.29, 1.82) is 0 Å². The highest BCUT2D eigenvalue weighted by molar-refractivity contribution is 6.03. The quantitative estimate of drug-likeness (QED) is 0.779. The monoisotopic (exact) mass is 345 g/mol. The van der Waals surface area contributed by atoms with Gasteiger partial charge in [-0.2, -0.15) is 0 Å². The molecule has 1 heterocycles. The van der Waals surface area contributed by atoms with Crippen LogP contribution in [0.1, 0.15) is 42.6 Å². The average molecular weight is 345 g/mol. The Labute approximate surface area is 148 Å². The third-order valence-corrected chi connectivity index (χ3v) is 6.11. The molecule has 2 amide bonds. The van der Waals surface area contributed by atoms with Crippen molar-refractivity contribution in [3.8, 4) is 0 Å². The van der Waals surface area contributed by atoms with Gasteiger partial charge in [-0.25, -0.2) is 0 Å². The first-order valence-electron chi connectivity index (χ1n) is 8.78. The van der Waals surface area contributed by atoms with Crippen molar-refractivity contribution in [2.45, 2.75) is 45.3 Å². The van der Waals surface area contributed by atoms with E-state index in [-0.39, 0.29) is 23.8 Å². The summed E-state index contributed by atoms with van der Waals surface area (Å²) in [5.41, 5.74) is 7.10. The number of anilines is 1. The van der Waals surface area contributed by atoms with E-state index in [9.17, 15) is 9.59 Å². The Hall–Kier alpha value is -1.92. The molecule has 2 fully saturated rings. The number of hydrogen-bond donors (Lipinski definition) is 3. The van der Waals surface area contributed by atoms with E-state index in [1.807, 2.05) is 20.8 Å². The molecule has 4 N–H and O–H groups in total. The first-order valence-corrected chi connectivity index (χ1v) is 8.78. The first kappa shape index (κ1) is 17.9. The summed E-state index contributed by atoms with van der Waals surface area (Å²) in [7, 11) is 1.59. The lowest BCUT2D eigenvalue weighted by Crippen LogP contribution is -2.81. The fourth-order valence-electron chi connectivity index (χ4n) is 4.41. The number of carbonyl (C=O) groups excluding carboxylic acids is 2. The first-order chi connectivity index (χ1) is 11.7. The predicted octanol–water partition coefficient (Wildman–Crippen LogP) is 1.83. The lowest BCUT2D eigenvalue weighted by molar-refractivity contribution is -0.222. The Bertz CT molecular complexity index is 716. The molecular formula is C19H27N3O3. The molecule has 0 radical (unpaired) electrons. The number of hydrogen-bond acceptors (Lipinski definition) is 4. The van der Waals surface area contributed by atoms with Gasteiger partial charge in [0.2, 0.25) is 5.91 Å². The standard InChI is InChI=1S/C19H27N3O3/c1-11-12(16(23)21-4)7-5-9-14(11)22-17(24)19(20)13-8-6-10-25-15(13)18(19,2)3/h5,7,9,13,15H,6,8,10,20H2,1-4H3,(H,21,23)(H,22,24). The predicted molar refractivity (Wildman–Crippen MR) is 96.4 cm³/mol. The molecule has 1 saturated heterocycles. The summed E-state index contributed by atoms with van der Waals surface area (Å²) in [6.45, 7) is 6.54. The van der Waals surface area contributed by atoms with Crippen molar-refractivity contribution in [2.24, 2.45) is 17.1 Å². The van der Waals surface area contributed by atoms with E-state index in [4.69, 9.17) is 10.5 Å². The highest BCUT2D eigenvalue weighted by Gasteiger charge is 2.70. The molecule has 1 aliphatic heterocycles. The molecule has 1 saturated carbocycles. The average Bonchev–Trinajstić information content (AvgIpc) is 2.61. The van der Waals surface area contributed by atoms with Crippen molar-refractivity contribution in [3.05, 3.63) is 29.3 Å². The molecule has 25 heavy (non-hydrogen) atoms. The highest BCUT2D eigenvalue weighted by atomic mass is 16.5. The lowest BCUT2D eigenvalue weighted by atomic mass is 9.46. The molecular weight excluding hydrogens is 318 g/mol.